The Morgan fingerprint density at radius 2 is 1.54 bits per heavy atom. The highest BCUT2D eigenvalue weighted by Crippen LogP contribution is 2.37. The zero-order valence-corrected chi connectivity index (χ0v) is 15.3. The molecule has 4 aromatic rings. The summed E-state index contributed by atoms with van der Waals surface area (Å²) in [4.78, 5) is 26.8. The number of alkyl halides is 3. The fraction of sp³-hybridized carbons (Fsp3) is 0.158. The summed E-state index contributed by atoms with van der Waals surface area (Å²) in [7, 11) is 0. The smallest absolute Gasteiger partial charge is 0.309 e. The molecule has 2 heterocycles. The highest BCUT2D eigenvalue weighted by molar-refractivity contribution is 7.99. The molecule has 0 aliphatic heterocycles. The Labute approximate surface area is 161 Å². The van der Waals surface area contributed by atoms with E-state index in [9.17, 15) is 18.0 Å². The second kappa shape index (κ2) is 6.90. The lowest BCUT2D eigenvalue weighted by Crippen LogP contribution is -2.14. The number of hydrogen-bond acceptors (Lipinski definition) is 5. The summed E-state index contributed by atoms with van der Waals surface area (Å²) in [6, 6.07) is 13.4. The van der Waals surface area contributed by atoms with Crippen molar-refractivity contribution in [3.05, 3.63) is 70.5 Å². The van der Waals surface area contributed by atoms with Crippen molar-refractivity contribution in [1.29, 1.82) is 0 Å². The summed E-state index contributed by atoms with van der Waals surface area (Å²) in [5, 5.41) is 0.712. The van der Waals surface area contributed by atoms with Crippen molar-refractivity contribution in [3.8, 4) is 0 Å². The number of aromatic amines is 1. The van der Waals surface area contributed by atoms with Crippen LogP contribution >= 0.6 is 11.8 Å². The predicted molar refractivity (Wildman–Crippen MR) is 101 cm³/mol. The second-order valence-corrected chi connectivity index (χ2v) is 7.43. The van der Waals surface area contributed by atoms with E-state index in [0.717, 1.165) is 11.8 Å². The number of rotatable bonds is 3. The van der Waals surface area contributed by atoms with Crippen LogP contribution in [0.15, 0.2) is 58.4 Å². The number of hydrogen-bond donors (Lipinski definition) is 1. The fourth-order valence-electron chi connectivity index (χ4n) is 2.78. The number of thioether (sulfide) groups is 1. The van der Waals surface area contributed by atoms with Crippen LogP contribution in [0.4, 0.5) is 13.2 Å². The van der Waals surface area contributed by atoms with E-state index < -0.39 is 17.3 Å². The van der Waals surface area contributed by atoms with Gasteiger partial charge in [0.15, 0.2) is 0 Å². The van der Waals surface area contributed by atoms with Gasteiger partial charge in [0.2, 0.25) is 5.82 Å². The molecule has 0 amide bonds. The van der Waals surface area contributed by atoms with Gasteiger partial charge in [0.1, 0.15) is 10.9 Å². The van der Waals surface area contributed by atoms with E-state index in [1.54, 1.807) is 49.4 Å². The monoisotopic (exact) mass is 402 g/mol. The number of fused-ring (bicyclic) bond motifs is 2. The lowest BCUT2D eigenvalue weighted by atomic mass is 10.2. The van der Waals surface area contributed by atoms with E-state index >= 15 is 0 Å². The standard InChI is InChI=1S/C19H13F3N4OS/c1-10(15-23-13-8-4-2-6-11(13)16(27)25-15)28-17-12-7-3-5-9-14(12)24-18(26-17)19(20,21)22/h2-10H,1H3,(H,23,25,27). The van der Waals surface area contributed by atoms with Crippen LogP contribution in [0, 0.1) is 0 Å². The zero-order chi connectivity index (χ0) is 19.9. The number of nitrogens with zero attached hydrogens (tertiary/aromatic N) is 3. The first kappa shape index (κ1) is 18.4. The van der Waals surface area contributed by atoms with Crippen LogP contribution in [0.1, 0.15) is 23.8 Å². The van der Waals surface area contributed by atoms with Gasteiger partial charge in [0.05, 0.1) is 21.7 Å². The third-order valence-electron chi connectivity index (χ3n) is 4.13. The van der Waals surface area contributed by atoms with Gasteiger partial charge >= 0.3 is 6.18 Å². The molecule has 0 bridgehead atoms. The molecule has 5 nitrogen and oxygen atoms in total. The lowest BCUT2D eigenvalue weighted by molar-refractivity contribution is -0.145. The second-order valence-electron chi connectivity index (χ2n) is 6.10. The van der Waals surface area contributed by atoms with E-state index in [4.69, 9.17) is 0 Å². The van der Waals surface area contributed by atoms with Gasteiger partial charge in [-0.3, -0.25) is 4.79 Å². The molecule has 0 aliphatic carbocycles. The van der Waals surface area contributed by atoms with Gasteiger partial charge in [-0.25, -0.2) is 15.0 Å². The largest absolute Gasteiger partial charge is 0.451 e. The number of nitrogens with one attached hydrogen (secondary N) is 1. The van der Waals surface area contributed by atoms with Gasteiger partial charge in [0, 0.05) is 5.39 Å². The SMILES string of the molecule is CC(Sc1nc(C(F)(F)F)nc2ccccc12)c1nc2ccccc2c(=O)[nH]1. The molecule has 0 radical (unpaired) electrons. The van der Waals surface area contributed by atoms with E-state index in [1.807, 2.05) is 0 Å². The molecule has 0 saturated carbocycles. The van der Waals surface area contributed by atoms with Crippen molar-refractivity contribution >= 4 is 33.6 Å². The average molecular weight is 402 g/mol. The molecule has 9 heteroatoms. The first-order valence-corrected chi connectivity index (χ1v) is 9.20. The number of aromatic nitrogens is 4. The molecule has 0 fully saturated rings. The highest BCUT2D eigenvalue weighted by Gasteiger charge is 2.35. The van der Waals surface area contributed by atoms with E-state index in [1.165, 1.54) is 6.07 Å². The topological polar surface area (TPSA) is 71.5 Å². The maximum Gasteiger partial charge on any atom is 0.451 e. The summed E-state index contributed by atoms with van der Waals surface area (Å²) in [6.07, 6.45) is -4.65. The molecule has 2 aromatic heterocycles. The maximum absolute atomic E-state index is 13.2. The van der Waals surface area contributed by atoms with Crippen molar-refractivity contribution < 1.29 is 13.2 Å². The Hall–Kier alpha value is -2.94. The molecule has 1 atom stereocenters. The number of H-pyrrole nitrogens is 1. The summed E-state index contributed by atoms with van der Waals surface area (Å²) in [5.41, 5.74) is 0.438. The van der Waals surface area contributed by atoms with Crippen molar-refractivity contribution in [1.82, 2.24) is 19.9 Å². The zero-order valence-electron chi connectivity index (χ0n) is 14.5. The van der Waals surface area contributed by atoms with E-state index in [-0.39, 0.29) is 16.1 Å². The van der Waals surface area contributed by atoms with Crippen molar-refractivity contribution in [2.75, 3.05) is 0 Å². The Morgan fingerprint density at radius 3 is 2.21 bits per heavy atom. The predicted octanol–water partition coefficient (Wildman–Crippen LogP) is 4.74. The summed E-state index contributed by atoms with van der Waals surface area (Å²) < 4.78 is 39.6. The molecule has 4 rings (SSSR count). The molecule has 1 unspecified atom stereocenters. The number of halogens is 3. The van der Waals surface area contributed by atoms with E-state index in [2.05, 4.69) is 19.9 Å². The molecule has 0 saturated heterocycles. The first-order chi connectivity index (χ1) is 13.3. The van der Waals surface area contributed by atoms with Crippen LogP contribution in [0.3, 0.4) is 0 Å². The molecule has 0 spiro atoms. The molecule has 1 N–H and O–H groups in total. The number of para-hydroxylation sites is 2. The molecule has 28 heavy (non-hydrogen) atoms. The molecule has 142 valence electrons. The summed E-state index contributed by atoms with van der Waals surface area (Å²) >= 11 is 1.09. The molecular formula is C19H13F3N4OS. The van der Waals surface area contributed by atoms with Gasteiger partial charge in [-0.05, 0) is 25.1 Å². The van der Waals surface area contributed by atoms with Crippen LogP contribution in [-0.4, -0.2) is 19.9 Å². The quantitative estimate of drug-likeness (QED) is 0.396. The minimum atomic E-state index is -4.65. The third kappa shape index (κ3) is 3.45. The van der Waals surface area contributed by atoms with Crippen molar-refractivity contribution in [2.24, 2.45) is 0 Å². The van der Waals surface area contributed by atoms with Crippen LogP contribution in [0.25, 0.3) is 21.8 Å². The third-order valence-corrected chi connectivity index (χ3v) is 5.24. The van der Waals surface area contributed by atoms with Gasteiger partial charge in [-0.1, -0.05) is 42.1 Å². The van der Waals surface area contributed by atoms with Crippen LogP contribution in [-0.2, 0) is 6.18 Å². The average Bonchev–Trinajstić information content (AvgIpc) is 2.67. The lowest BCUT2D eigenvalue weighted by Gasteiger charge is -2.14. The normalized spacial score (nSPS) is 13.1. The molecule has 2 aromatic carbocycles. The summed E-state index contributed by atoms with van der Waals surface area (Å²) in [6.45, 7) is 1.75. The Balaban J connectivity index is 1.78. The molecular weight excluding hydrogens is 389 g/mol. The maximum atomic E-state index is 13.2. The van der Waals surface area contributed by atoms with E-state index in [0.29, 0.717) is 22.1 Å². The van der Waals surface area contributed by atoms with Gasteiger partial charge < -0.3 is 4.98 Å². The first-order valence-electron chi connectivity index (χ1n) is 8.32. The minimum absolute atomic E-state index is 0.182. The van der Waals surface area contributed by atoms with Crippen LogP contribution in [0.2, 0.25) is 0 Å². The Morgan fingerprint density at radius 1 is 0.929 bits per heavy atom. The van der Waals surface area contributed by atoms with Gasteiger partial charge in [-0.15, -0.1) is 0 Å². The number of benzene rings is 2. The molecule has 0 aliphatic rings. The van der Waals surface area contributed by atoms with Gasteiger partial charge in [0.25, 0.3) is 5.56 Å². The fourth-order valence-corrected chi connectivity index (χ4v) is 3.78. The van der Waals surface area contributed by atoms with Crippen LogP contribution in [0.5, 0.6) is 0 Å². The Kier molecular flexibility index (Phi) is 4.54. The summed E-state index contributed by atoms with van der Waals surface area (Å²) in [5.74, 6) is -0.828. The Bertz CT molecular complexity index is 1240. The minimum Gasteiger partial charge on any atom is -0.309 e. The van der Waals surface area contributed by atoms with Crippen molar-refractivity contribution in [3.63, 3.8) is 0 Å². The van der Waals surface area contributed by atoms with Gasteiger partial charge in [-0.2, -0.15) is 13.2 Å². The highest BCUT2D eigenvalue weighted by atomic mass is 32.2. The van der Waals surface area contributed by atoms with Crippen molar-refractivity contribution in [2.45, 2.75) is 23.4 Å². The van der Waals surface area contributed by atoms with Crippen LogP contribution < -0.4 is 5.56 Å².